The second-order valence-corrected chi connectivity index (χ2v) is 9.97. The number of rotatable bonds is 5. The van der Waals surface area contributed by atoms with Crippen LogP contribution in [0.2, 0.25) is 0 Å². The third kappa shape index (κ3) is 4.40. The van der Waals surface area contributed by atoms with Gasteiger partial charge in [0.25, 0.3) is 0 Å². The van der Waals surface area contributed by atoms with Gasteiger partial charge in [-0.1, -0.05) is 55.0 Å². The summed E-state index contributed by atoms with van der Waals surface area (Å²) in [6.45, 7) is 2.62. The fourth-order valence-electron chi connectivity index (χ4n) is 6.22. The number of fused-ring (bicyclic) bond motifs is 3. The largest absolute Gasteiger partial charge is 0.481 e. The van der Waals surface area contributed by atoms with E-state index in [0.717, 1.165) is 17.5 Å². The van der Waals surface area contributed by atoms with Crippen LogP contribution in [0.15, 0.2) is 48.5 Å². The molecule has 2 fully saturated rings. The van der Waals surface area contributed by atoms with E-state index in [1.54, 1.807) is 4.90 Å². The third-order valence-electron chi connectivity index (χ3n) is 8.07. The minimum Gasteiger partial charge on any atom is -0.481 e. The van der Waals surface area contributed by atoms with E-state index < -0.39 is 18.0 Å². The first-order chi connectivity index (χ1) is 17.0. The van der Waals surface area contributed by atoms with Crippen LogP contribution in [0.5, 0.6) is 0 Å². The fourth-order valence-corrected chi connectivity index (χ4v) is 6.22. The molecule has 4 atom stereocenters. The number of ether oxygens (including phenoxy) is 1. The second-order valence-electron chi connectivity index (χ2n) is 9.97. The number of carboxylic acid groups (broad SMARTS) is 1. The molecule has 0 aromatic heterocycles. The lowest BCUT2D eigenvalue weighted by Gasteiger charge is -2.39. The van der Waals surface area contributed by atoms with E-state index in [2.05, 4.69) is 29.6 Å². The minimum absolute atomic E-state index is 0.0173. The third-order valence-corrected chi connectivity index (χ3v) is 8.07. The fraction of sp³-hybridized carbons (Fsp3) is 0.464. The number of likely N-dealkylation sites (tertiary alicyclic amines) is 1. The van der Waals surface area contributed by atoms with Crippen LogP contribution >= 0.6 is 0 Å². The molecule has 2 aliphatic carbocycles. The SMILES string of the molecule is CC1C(C(=O)O)CCCN1C(=O)C1CCCC1NC(=O)OCC1c2ccccc2-c2ccccc21. The van der Waals surface area contributed by atoms with Crippen LogP contribution in [0.3, 0.4) is 0 Å². The Hall–Kier alpha value is -3.35. The number of nitrogens with zero attached hydrogens (tertiary/aromatic N) is 1. The molecule has 4 unspecified atom stereocenters. The van der Waals surface area contributed by atoms with Crippen molar-refractivity contribution in [3.05, 3.63) is 59.7 Å². The summed E-state index contributed by atoms with van der Waals surface area (Å²) in [6.07, 6.45) is 3.01. The number of hydrogen-bond acceptors (Lipinski definition) is 4. The molecular weight excluding hydrogens is 444 g/mol. The summed E-state index contributed by atoms with van der Waals surface area (Å²) in [7, 11) is 0. The lowest BCUT2D eigenvalue weighted by atomic mass is 9.88. The molecule has 35 heavy (non-hydrogen) atoms. The van der Waals surface area contributed by atoms with E-state index in [1.807, 2.05) is 31.2 Å². The van der Waals surface area contributed by atoms with Gasteiger partial charge in [0.2, 0.25) is 5.91 Å². The molecule has 5 rings (SSSR count). The Balaban J connectivity index is 1.22. The van der Waals surface area contributed by atoms with E-state index in [1.165, 1.54) is 11.1 Å². The molecule has 0 spiro atoms. The van der Waals surface area contributed by atoms with Gasteiger partial charge >= 0.3 is 12.1 Å². The van der Waals surface area contributed by atoms with Crippen LogP contribution in [-0.2, 0) is 14.3 Å². The maximum absolute atomic E-state index is 13.4. The Bertz CT molecular complexity index is 1090. The molecule has 2 amide bonds. The first-order valence-electron chi connectivity index (χ1n) is 12.6. The highest BCUT2D eigenvalue weighted by atomic mass is 16.5. The summed E-state index contributed by atoms with van der Waals surface area (Å²) in [5.74, 6) is -1.80. The number of carbonyl (C=O) groups is 3. The Kier molecular flexibility index (Phi) is 6.50. The van der Waals surface area contributed by atoms with Crippen molar-refractivity contribution in [1.82, 2.24) is 10.2 Å². The molecule has 2 N–H and O–H groups in total. The molecule has 1 aliphatic heterocycles. The zero-order valence-corrected chi connectivity index (χ0v) is 20.0. The Morgan fingerprint density at radius 3 is 2.23 bits per heavy atom. The van der Waals surface area contributed by atoms with E-state index in [4.69, 9.17) is 4.74 Å². The van der Waals surface area contributed by atoms with Crippen molar-refractivity contribution in [2.45, 2.75) is 57.0 Å². The van der Waals surface area contributed by atoms with Gasteiger partial charge in [0.05, 0.1) is 11.8 Å². The number of piperidine rings is 1. The highest BCUT2D eigenvalue weighted by Crippen LogP contribution is 2.44. The van der Waals surface area contributed by atoms with Crippen molar-refractivity contribution in [2.75, 3.05) is 13.2 Å². The highest BCUT2D eigenvalue weighted by molar-refractivity contribution is 5.83. The number of carboxylic acids is 1. The van der Waals surface area contributed by atoms with Gasteiger partial charge in [0.1, 0.15) is 6.61 Å². The number of carbonyl (C=O) groups excluding carboxylic acids is 2. The molecule has 1 saturated carbocycles. The van der Waals surface area contributed by atoms with Gasteiger partial charge in [0, 0.05) is 24.5 Å². The predicted octanol–water partition coefficient (Wildman–Crippen LogP) is 4.41. The quantitative estimate of drug-likeness (QED) is 0.667. The normalized spacial score (nSPS) is 25.6. The summed E-state index contributed by atoms with van der Waals surface area (Å²) in [6, 6.07) is 15.8. The van der Waals surface area contributed by atoms with E-state index in [-0.39, 0.29) is 36.4 Å². The van der Waals surface area contributed by atoms with Gasteiger partial charge in [-0.15, -0.1) is 0 Å². The van der Waals surface area contributed by atoms with Crippen LogP contribution in [0.25, 0.3) is 11.1 Å². The number of hydrogen-bond donors (Lipinski definition) is 2. The molecule has 0 bridgehead atoms. The van der Waals surface area contributed by atoms with Gasteiger partial charge in [0.15, 0.2) is 0 Å². The van der Waals surface area contributed by atoms with Crippen molar-refractivity contribution >= 4 is 18.0 Å². The summed E-state index contributed by atoms with van der Waals surface area (Å²) in [5, 5.41) is 12.4. The summed E-state index contributed by atoms with van der Waals surface area (Å²) < 4.78 is 5.69. The standard InChI is InChI=1S/C28H32N2O5/c1-17-18(27(32)33)13-7-15-30(17)26(31)23-12-6-14-25(23)29-28(34)35-16-24-21-10-4-2-8-19(21)20-9-3-5-11-22(20)24/h2-5,8-11,17-18,23-25H,6-7,12-16H2,1H3,(H,29,34)(H,32,33). The van der Waals surface area contributed by atoms with Crippen LogP contribution in [0.1, 0.15) is 56.1 Å². The molecule has 7 nitrogen and oxygen atoms in total. The molecule has 0 radical (unpaired) electrons. The lowest BCUT2D eigenvalue weighted by Crippen LogP contribution is -2.53. The number of amides is 2. The number of benzene rings is 2. The number of alkyl carbamates (subject to hydrolysis) is 1. The smallest absolute Gasteiger partial charge is 0.407 e. The monoisotopic (exact) mass is 476 g/mol. The van der Waals surface area contributed by atoms with E-state index in [0.29, 0.717) is 32.2 Å². The number of aliphatic carboxylic acids is 1. The van der Waals surface area contributed by atoms with Gasteiger partial charge in [-0.2, -0.15) is 0 Å². The maximum Gasteiger partial charge on any atom is 0.407 e. The Labute approximate surface area is 205 Å². The Morgan fingerprint density at radius 1 is 0.943 bits per heavy atom. The lowest BCUT2D eigenvalue weighted by molar-refractivity contribution is -0.150. The first-order valence-corrected chi connectivity index (χ1v) is 12.6. The van der Waals surface area contributed by atoms with Gasteiger partial charge in [-0.3, -0.25) is 9.59 Å². The van der Waals surface area contributed by atoms with Crippen molar-refractivity contribution < 1.29 is 24.2 Å². The maximum atomic E-state index is 13.4. The zero-order valence-electron chi connectivity index (χ0n) is 20.0. The molecule has 1 heterocycles. The summed E-state index contributed by atoms with van der Waals surface area (Å²) >= 11 is 0. The van der Waals surface area contributed by atoms with Crippen molar-refractivity contribution in [3.8, 4) is 11.1 Å². The van der Waals surface area contributed by atoms with Crippen molar-refractivity contribution in [2.24, 2.45) is 11.8 Å². The summed E-state index contributed by atoms with van der Waals surface area (Å²) in [5.41, 5.74) is 4.66. The molecule has 2 aromatic carbocycles. The van der Waals surface area contributed by atoms with Crippen LogP contribution in [-0.4, -0.2) is 53.2 Å². The van der Waals surface area contributed by atoms with Gasteiger partial charge < -0.3 is 20.1 Å². The first kappa shape index (κ1) is 23.4. The predicted molar refractivity (Wildman–Crippen MR) is 131 cm³/mol. The van der Waals surface area contributed by atoms with Crippen LogP contribution in [0.4, 0.5) is 4.79 Å². The van der Waals surface area contributed by atoms with Crippen LogP contribution in [0, 0.1) is 11.8 Å². The molecule has 3 aliphatic rings. The van der Waals surface area contributed by atoms with E-state index in [9.17, 15) is 19.5 Å². The highest BCUT2D eigenvalue weighted by Gasteiger charge is 2.42. The molecule has 2 aromatic rings. The average Bonchev–Trinajstić information content (AvgIpc) is 3.44. The molecule has 7 heteroatoms. The van der Waals surface area contributed by atoms with Gasteiger partial charge in [-0.25, -0.2) is 4.79 Å². The molecular formula is C28H32N2O5. The Morgan fingerprint density at radius 2 is 1.57 bits per heavy atom. The summed E-state index contributed by atoms with van der Waals surface area (Å²) in [4.78, 5) is 39.4. The number of nitrogens with one attached hydrogen (secondary N) is 1. The second kappa shape index (κ2) is 9.72. The molecule has 184 valence electrons. The van der Waals surface area contributed by atoms with Crippen molar-refractivity contribution in [3.63, 3.8) is 0 Å². The molecule has 1 saturated heterocycles. The van der Waals surface area contributed by atoms with E-state index >= 15 is 0 Å². The minimum atomic E-state index is -0.852. The van der Waals surface area contributed by atoms with Crippen LogP contribution < -0.4 is 5.32 Å². The zero-order chi connectivity index (χ0) is 24.5. The topological polar surface area (TPSA) is 95.9 Å². The van der Waals surface area contributed by atoms with Gasteiger partial charge in [-0.05, 0) is 54.9 Å². The average molecular weight is 477 g/mol. The van der Waals surface area contributed by atoms with Crippen molar-refractivity contribution in [1.29, 1.82) is 0 Å².